The van der Waals surface area contributed by atoms with Crippen molar-refractivity contribution in [2.75, 3.05) is 18.0 Å². The van der Waals surface area contributed by atoms with E-state index in [1.165, 1.54) is 10.4 Å². The topological polar surface area (TPSA) is 66.4 Å². The predicted octanol–water partition coefficient (Wildman–Crippen LogP) is 5.74. The van der Waals surface area contributed by atoms with Crippen LogP contribution in [0.2, 0.25) is 0 Å². The number of nitrogens with zero attached hydrogens (tertiary/aromatic N) is 8. The third-order valence-electron chi connectivity index (χ3n) is 6.29. The summed E-state index contributed by atoms with van der Waals surface area (Å²) in [5.74, 6) is 0. The van der Waals surface area contributed by atoms with Gasteiger partial charge < -0.3 is 9.47 Å². The van der Waals surface area contributed by atoms with Crippen molar-refractivity contribution in [3.05, 3.63) is 102 Å². The summed E-state index contributed by atoms with van der Waals surface area (Å²) in [6.45, 7) is 5.00. The number of aromatic nitrogens is 3. The number of thiazole rings is 1. The van der Waals surface area contributed by atoms with Crippen molar-refractivity contribution in [3.8, 4) is 0 Å². The largest absolute Gasteiger partial charge is 0.368 e. The lowest BCUT2D eigenvalue weighted by atomic mass is 10.2. The normalized spacial score (nSPS) is 12.3. The van der Waals surface area contributed by atoms with Crippen molar-refractivity contribution in [2.45, 2.75) is 13.5 Å². The zero-order valence-electron chi connectivity index (χ0n) is 21.8. The Hall–Kier alpha value is -4.37. The van der Waals surface area contributed by atoms with E-state index in [2.05, 4.69) is 88.9 Å². The van der Waals surface area contributed by atoms with Crippen LogP contribution in [0.3, 0.4) is 0 Å². The number of benzene rings is 3. The molecule has 2 aromatic heterocycles. The standard InChI is InChI=1S/C29H31N8S/c1-4-37(20-19-36-18-17-34(2)22-36)26-15-13-25(14-16-26)32-31-24-11-9-23(10-12-24)21-30-33-29-35(3)27-7-5-6-8-28(27)38-29/h5-18,21-22H,4,19-20H2,1-3H3/q+1/b30-21+,32-31+,33-29-. The van der Waals surface area contributed by atoms with Crippen LogP contribution in [-0.2, 0) is 20.6 Å². The van der Waals surface area contributed by atoms with Gasteiger partial charge in [-0.25, -0.2) is 9.13 Å². The summed E-state index contributed by atoms with van der Waals surface area (Å²) in [6, 6.07) is 24.3. The number of para-hydroxylation sites is 1. The lowest BCUT2D eigenvalue weighted by Gasteiger charge is -2.22. The van der Waals surface area contributed by atoms with E-state index < -0.39 is 0 Å². The quantitative estimate of drug-likeness (QED) is 0.105. The Morgan fingerprint density at radius 3 is 2.29 bits per heavy atom. The summed E-state index contributed by atoms with van der Waals surface area (Å²) in [5, 5.41) is 17.5. The molecular weight excluding hydrogens is 492 g/mol. The molecule has 38 heavy (non-hydrogen) atoms. The maximum atomic E-state index is 4.41. The number of hydrogen-bond donors (Lipinski definition) is 0. The van der Waals surface area contributed by atoms with Crippen LogP contribution < -0.4 is 14.3 Å². The van der Waals surface area contributed by atoms with Gasteiger partial charge in [0.2, 0.25) is 11.1 Å². The van der Waals surface area contributed by atoms with Gasteiger partial charge in [0.05, 0.1) is 41.4 Å². The van der Waals surface area contributed by atoms with E-state index in [9.17, 15) is 0 Å². The summed E-state index contributed by atoms with van der Waals surface area (Å²) < 4.78 is 7.50. The highest BCUT2D eigenvalue weighted by Crippen LogP contribution is 2.22. The van der Waals surface area contributed by atoms with Crippen molar-refractivity contribution in [1.29, 1.82) is 0 Å². The van der Waals surface area contributed by atoms with E-state index in [-0.39, 0.29) is 0 Å². The minimum Gasteiger partial charge on any atom is -0.368 e. The number of anilines is 1. The molecule has 0 atom stereocenters. The summed E-state index contributed by atoms with van der Waals surface area (Å²) in [7, 11) is 4.04. The molecular formula is C29H31N8S+. The van der Waals surface area contributed by atoms with Crippen molar-refractivity contribution >= 4 is 44.8 Å². The monoisotopic (exact) mass is 523 g/mol. The Kier molecular flexibility index (Phi) is 7.84. The maximum absolute atomic E-state index is 4.41. The summed E-state index contributed by atoms with van der Waals surface area (Å²) in [6.07, 6.45) is 8.00. The molecule has 0 radical (unpaired) electrons. The number of likely N-dealkylation sites (N-methyl/N-ethyl adjacent to an activating group) is 1. The molecule has 0 saturated carbocycles. The molecule has 0 spiro atoms. The molecule has 3 aromatic carbocycles. The van der Waals surface area contributed by atoms with Crippen LogP contribution in [0.25, 0.3) is 10.2 Å². The van der Waals surface area contributed by atoms with Crippen LogP contribution in [0.4, 0.5) is 17.1 Å². The number of azo groups is 1. The third kappa shape index (κ3) is 6.12. The van der Waals surface area contributed by atoms with E-state index in [1.807, 2.05) is 62.6 Å². The molecule has 0 aliphatic heterocycles. The number of fused-ring (bicyclic) bond motifs is 1. The molecule has 0 bridgehead atoms. The van der Waals surface area contributed by atoms with Gasteiger partial charge in [-0.15, -0.1) is 5.10 Å². The highest BCUT2D eigenvalue weighted by Gasteiger charge is 2.07. The molecule has 192 valence electrons. The average molecular weight is 524 g/mol. The fourth-order valence-corrected chi connectivity index (χ4v) is 5.11. The van der Waals surface area contributed by atoms with Gasteiger partial charge in [0.25, 0.3) is 0 Å². The Morgan fingerprint density at radius 2 is 1.63 bits per heavy atom. The van der Waals surface area contributed by atoms with E-state index in [0.29, 0.717) is 0 Å². The molecule has 8 nitrogen and oxygen atoms in total. The number of hydrogen-bond acceptors (Lipinski definition) is 6. The first-order valence-electron chi connectivity index (χ1n) is 12.6. The molecule has 9 heteroatoms. The van der Waals surface area contributed by atoms with Gasteiger partial charge in [0, 0.05) is 19.3 Å². The van der Waals surface area contributed by atoms with Crippen LogP contribution in [0.15, 0.2) is 112 Å². The molecule has 0 amide bonds. The zero-order valence-corrected chi connectivity index (χ0v) is 22.7. The molecule has 0 saturated heterocycles. The van der Waals surface area contributed by atoms with Gasteiger partial charge in [-0.2, -0.15) is 15.3 Å². The van der Waals surface area contributed by atoms with Crippen LogP contribution >= 0.6 is 11.3 Å². The maximum Gasteiger partial charge on any atom is 0.243 e. The summed E-state index contributed by atoms with van der Waals surface area (Å²) in [4.78, 5) is 3.21. The van der Waals surface area contributed by atoms with E-state index in [4.69, 9.17) is 0 Å². The Morgan fingerprint density at radius 1 is 0.921 bits per heavy atom. The molecule has 0 N–H and O–H groups in total. The Labute approximate surface area is 226 Å². The molecule has 0 unspecified atom stereocenters. The highest BCUT2D eigenvalue weighted by molar-refractivity contribution is 7.16. The first-order chi connectivity index (χ1) is 18.6. The average Bonchev–Trinajstić information content (AvgIpc) is 3.51. The summed E-state index contributed by atoms with van der Waals surface area (Å²) >= 11 is 1.62. The summed E-state index contributed by atoms with van der Waals surface area (Å²) in [5.41, 5.74) is 4.90. The lowest BCUT2D eigenvalue weighted by Crippen LogP contribution is -2.39. The second-order valence-corrected chi connectivity index (χ2v) is 9.97. The fraction of sp³-hybridized carbons (Fsp3) is 0.207. The van der Waals surface area contributed by atoms with Crippen LogP contribution in [0.5, 0.6) is 0 Å². The van der Waals surface area contributed by atoms with Crippen molar-refractivity contribution < 1.29 is 4.57 Å². The highest BCUT2D eigenvalue weighted by atomic mass is 32.1. The molecule has 2 heterocycles. The Bertz CT molecular complexity index is 1620. The first-order valence-corrected chi connectivity index (χ1v) is 13.4. The number of imidazole rings is 1. The van der Waals surface area contributed by atoms with E-state index >= 15 is 0 Å². The Balaban J connectivity index is 1.18. The van der Waals surface area contributed by atoms with Gasteiger partial charge in [-0.3, -0.25) is 0 Å². The number of aryl methyl sites for hydroxylation is 2. The van der Waals surface area contributed by atoms with Crippen molar-refractivity contribution in [3.63, 3.8) is 0 Å². The van der Waals surface area contributed by atoms with Gasteiger partial charge in [-0.05, 0) is 61.0 Å². The van der Waals surface area contributed by atoms with E-state index in [0.717, 1.165) is 46.9 Å². The van der Waals surface area contributed by atoms with Gasteiger partial charge in [-0.1, -0.05) is 35.6 Å². The lowest BCUT2D eigenvalue weighted by molar-refractivity contribution is -0.693. The zero-order chi connectivity index (χ0) is 26.3. The van der Waals surface area contributed by atoms with Crippen LogP contribution in [0.1, 0.15) is 12.5 Å². The first kappa shape index (κ1) is 25.3. The van der Waals surface area contributed by atoms with Crippen molar-refractivity contribution in [2.24, 2.45) is 34.5 Å². The molecule has 0 aliphatic rings. The van der Waals surface area contributed by atoms with Crippen LogP contribution in [0, 0.1) is 0 Å². The second kappa shape index (κ2) is 11.8. The smallest absolute Gasteiger partial charge is 0.243 e. The third-order valence-corrected chi connectivity index (χ3v) is 7.39. The minimum atomic E-state index is 0.786. The predicted molar refractivity (Wildman–Crippen MR) is 155 cm³/mol. The molecule has 5 aromatic rings. The van der Waals surface area contributed by atoms with Crippen molar-refractivity contribution in [1.82, 2.24) is 9.13 Å². The van der Waals surface area contributed by atoms with Crippen LogP contribution in [-0.4, -0.2) is 28.4 Å². The van der Waals surface area contributed by atoms with E-state index in [1.54, 1.807) is 17.6 Å². The SMILES string of the molecule is CCN(CC[n+]1ccn(C)c1)c1ccc(/N=N/c2ccc(/C=N/N=c3\sc4ccccc4n3C)cc2)cc1. The second-order valence-electron chi connectivity index (χ2n) is 8.96. The molecule has 0 aliphatic carbocycles. The van der Waals surface area contributed by atoms with Gasteiger partial charge in [0.15, 0.2) is 0 Å². The van der Waals surface area contributed by atoms with Gasteiger partial charge >= 0.3 is 0 Å². The molecule has 5 rings (SSSR count). The minimum absolute atomic E-state index is 0.786. The number of rotatable bonds is 9. The fourth-order valence-electron chi connectivity index (χ4n) is 4.14. The molecule has 0 fully saturated rings. The van der Waals surface area contributed by atoms with Gasteiger partial charge in [0.1, 0.15) is 18.9 Å².